The molecule has 12 heavy (non-hydrogen) atoms. The summed E-state index contributed by atoms with van der Waals surface area (Å²) in [6.45, 7) is 2.04. The number of hydrogen-bond acceptors (Lipinski definition) is 4. The van der Waals surface area contributed by atoms with Gasteiger partial charge >= 0.3 is 5.69 Å². The first-order valence-electron chi connectivity index (χ1n) is 3.83. The van der Waals surface area contributed by atoms with Crippen molar-refractivity contribution in [1.82, 2.24) is 9.97 Å². The number of hydrazine groups is 1. The van der Waals surface area contributed by atoms with Gasteiger partial charge in [-0.1, -0.05) is 13.3 Å². The van der Waals surface area contributed by atoms with Crippen LogP contribution in [0.2, 0.25) is 0 Å². The van der Waals surface area contributed by atoms with Gasteiger partial charge in [-0.05, 0) is 6.42 Å². The second-order valence-corrected chi connectivity index (χ2v) is 2.49. The van der Waals surface area contributed by atoms with Crippen LogP contribution in [0.4, 0.5) is 5.82 Å². The van der Waals surface area contributed by atoms with Crippen molar-refractivity contribution >= 4 is 5.82 Å². The molecule has 0 bridgehead atoms. The molecular formula is C7H12N4O. The summed E-state index contributed by atoms with van der Waals surface area (Å²) >= 11 is 0. The maximum atomic E-state index is 10.9. The van der Waals surface area contributed by atoms with Crippen molar-refractivity contribution in [3.8, 4) is 0 Å². The zero-order chi connectivity index (χ0) is 8.97. The summed E-state index contributed by atoms with van der Waals surface area (Å²) in [6, 6.07) is 1.73. The fourth-order valence-electron chi connectivity index (χ4n) is 0.986. The summed E-state index contributed by atoms with van der Waals surface area (Å²) in [6.07, 6.45) is 1.80. The maximum Gasteiger partial charge on any atom is 0.347 e. The van der Waals surface area contributed by atoms with Gasteiger partial charge in [0.15, 0.2) is 0 Å². The van der Waals surface area contributed by atoms with Gasteiger partial charge in [-0.25, -0.2) is 10.6 Å². The predicted octanol–water partition coefficient (Wildman–Crippen LogP) is 0.00800. The summed E-state index contributed by atoms with van der Waals surface area (Å²) in [5.41, 5.74) is 2.82. The lowest BCUT2D eigenvalue weighted by Crippen LogP contribution is -2.18. The van der Waals surface area contributed by atoms with E-state index in [1.807, 2.05) is 6.92 Å². The van der Waals surface area contributed by atoms with E-state index in [0.29, 0.717) is 5.82 Å². The molecule has 4 N–H and O–H groups in total. The van der Waals surface area contributed by atoms with Crippen LogP contribution >= 0.6 is 0 Å². The van der Waals surface area contributed by atoms with Crippen LogP contribution in [0.25, 0.3) is 0 Å². The first kappa shape index (κ1) is 8.73. The van der Waals surface area contributed by atoms with E-state index in [0.717, 1.165) is 18.5 Å². The van der Waals surface area contributed by atoms with E-state index in [9.17, 15) is 4.79 Å². The molecule has 0 atom stereocenters. The highest BCUT2D eigenvalue weighted by Crippen LogP contribution is 2.01. The van der Waals surface area contributed by atoms with E-state index < -0.39 is 0 Å². The summed E-state index contributed by atoms with van der Waals surface area (Å²) in [7, 11) is 0. The predicted molar refractivity (Wildman–Crippen MR) is 46.7 cm³/mol. The van der Waals surface area contributed by atoms with Crippen LogP contribution in [0, 0.1) is 0 Å². The van der Waals surface area contributed by atoms with Gasteiger partial charge < -0.3 is 10.4 Å². The second kappa shape index (κ2) is 3.87. The molecule has 0 aliphatic rings. The van der Waals surface area contributed by atoms with Crippen LogP contribution in [-0.2, 0) is 6.42 Å². The van der Waals surface area contributed by atoms with Crippen LogP contribution < -0.4 is 17.0 Å². The lowest BCUT2D eigenvalue weighted by atomic mass is 10.2. The van der Waals surface area contributed by atoms with Gasteiger partial charge in [0.05, 0.1) is 0 Å². The Morgan fingerprint density at radius 3 is 3.08 bits per heavy atom. The first-order valence-corrected chi connectivity index (χ1v) is 3.83. The monoisotopic (exact) mass is 168 g/mol. The van der Waals surface area contributed by atoms with Gasteiger partial charge in [0, 0.05) is 11.8 Å². The lowest BCUT2D eigenvalue weighted by molar-refractivity contribution is 0.858. The molecule has 1 heterocycles. The van der Waals surface area contributed by atoms with Crippen molar-refractivity contribution in [1.29, 1.82) is 0 Å². The van der Waals surface area contributed by atoms with Gasteiger partial charge in [0.25, 0.3) is 0 Å². The summed E-state index contributed by atoms with van der Waals surface area (Å²) in [4.78, 5) is 17.1. The highest BCUT2D eigenvalue weighted by molar-refractivity contribution is 5.32. The number of H-pyrrole nitrogens is 1. The number of aromatic amines is 1. The summed E-state index contributed by atoms with van der Waals surface area (Å²) in [5, 5.41) is 0. The number of anilines is 1. The van der Waals surface area contributed by atoms with Crippen molar-refractivity contribution in [2.75, 3.05) is 5.43 Å². The number of aromatic nitrogens is 2. The largest absolute Gasteiger partial charge is 0.347 e. The van der Waals surface area contributed by atoms with Crippen LogP contribution in [-0.4, -0.2) is 9.97 Å². The van der Waals surface area contributed by atoms with E-state index >= 15 is 0 Å². The highest BCUT2D eigenvalue weighted by Gasteiger charge is 1.97. The Balaban J connectivity index is 2.98. The van der Waals surface area contributed by atoms with E-state index in [2.05, 4.69) is 15.4 Å². The van der Waals surface area contributed by atoms with Crippen LogP contribution in [0.5, 0.6) is 0 Å². The van der Waals surface area contributed by atoms with Crippen LogP contribution in [0.3, 0.4) is 0 Å². The average molecular weight is 168 g/mol. The molecule has 1 rings (SSSR count). The van der Waals surface area contributed by atoms with E-state index in [-0.39, 0.29) is 5.69 Å². The number of aryl methyl sites for hydroxylation is 1. The Morgan fingerprint density at radius 2 is 2.50 bits per heavy atom. The van der Waals surface area contributed by atoms with Gasteiger partial charge in [-0.2, -0.15) is 4.98 Å². The Labute approximate surface area is 70.0 Å². The normalized spacial score (nSPS) is 9.83. The molecule has 5 heteroatoms. The van der Waals surface area contributed by atoms with Crippen molar-refractivity contribution in [3.05, 3.63) is 22.2 Å². The molecule has 0 aliphatic heterocycles. The number of nitrogens with zero attached hydrogens (tertiary/aromatic N) is 1. The van der Waals surface area contributed by atoms with Crippen LogP contribution in [0.1, 0.15) is 19.0 Å². The highest BCUT2D eigenvalue weighted by atomic mass is 16.1. The molecule has 1 aromatic heterocycles. The summed E-state index contributed by atoms with van der Waals surface area (Å²) < 4.78 is 0. The average Bonchev–Trinajstić information content (AvgIpc) is 2.04. The van der Waals surface area contributed by atoms with Gasteiger partial charge in [0.2, 0.25) is 0 Å². The third-order valence-corrected chi connectivity index (χ3v) is 1.47. The lowest BCUT2D eigenvalue weighted by Gasteiger charge is -2.00. The number of nitrogens with one attached hydrogen (secondary N) is 2. The molecule has 0 unspecified atom stereocenters. The molecule has 1 aromatic rings. The van der Waals surface area contributed by atoms with Crippen molar-refractivity contribution < 1.29 is 0 Å². The standard InChI is InChI=1S/C7H12N4O/c1-2-3-5-4-6(11-8)10-7(12)9-5/h4H,2-3,8H2,1H3,(H2,9,10,11,12). The van der Waals surface area contributed by atoms with Crippen molar-refractivity contribution in [2.45, 2.75) is 19.8 Å². The van der Waals surface area contributed by atoms with E-state index in [4.69, 9.17) is 5.84 Å². The Morgan fingerprint density at radius 1 is 1.75 bits per heavy atom. The fourth-order valence-corrected chi connectivity index (χ4v) is 0.986. The maximum absolute atomic E-state index is 10.9. The van der Waals surface area contributed by atoms with E-state index in [1.165, 1.54) is 0 Å². The van der Waals surface area contributed by atoms with Crippen LogP contribution in [0.15, 0.2) is 10.9 Å². The molecule has 5 nitrogen and oxygen atoms in total. The van der Waals surface area contributed by atoms with E-state index in [1.54, 1.807) is 6.07 Å². The Kier molecular flexibility index (Phi) is 2.82. The van der Waals surface area contributed by atoms with Crippen molar-refractivity contribution in [3.63, 3.8) is 0 Å². The molecule has 0 fully saturated rings. The first-order chi connectivity index (χ1) is 5.76. The quantitative estimate of drug-likeness (QED) is 0.438. The third kappa shape index (κ3) is 2.06. The molecular weight excluding hydrogens is 156 g/mol. The number of rotatable bonds is 3. The van der Waals surface area contributed by atoms with Gasteiger partial charge in [-0.15, -0.1) is 0 Å². The number of hydrogen-bond donors (Lipinski definition) is 3. The van der Waals surface area contributed by atoms with Gasteiger partial charge in [-0.3, -0.25) is 0 Å². The Bertz CT molecular complexity index is 307. The minimum absolute atomic E-state index is 0.367. The molecule has 0 aromatic carbocycles. The SMILES string of the molecule is CCCc1cc(NN)nc(=O)[nH]1. The van der Waals surface area contributed by atoms with Gasteiger partial charge in [0.1, 0.15) is 5.82 Å². The molecule has 66 valence electrons. The smallest absolute Gasteiger partial charge is 0.310 e. The minimum atomic E-state index is -0.367. The second-order valence-electron chi connectivity index (χ2n) is 2.49. The fraction of sp³-hybridized carbons (Fsp3) is 0.429. The minimum Gasteiger partial charge on any atom is -0.310 e. The molecule has 0 aliphatic carbocycles. The molecule has 0 spiro atoms. The zero-order valence-corrected chi connectivity index (χ0v) is 6.92. The zero-order valence-electron chi connectivity index (χ0n) is 6.92. The molecule has 0 saturated carbocycles. The summed E-state index contributed by atoms with van der Waals surface area (Å²) in [5.74, 6) is 5.52. The third-order valence-electron chi connectivity index (χ3n) is 1.47. The Hall–Kier alpha value is -1.36. The number of nitrogen functional groups attached to an aromatic ring is 1. The van der Waals surface area contributed by atoms with Crippen molar-refractivity contribution in [2.24, 2.45) is 5.84 Å². The molecule has 0 saturated heterocycles. The molecule has 0 radical (unpaired) electrons. The number of nitrogens with two attached hydrogens (primary N) is 1. The molecule has 0 amide bonds. The topological polar surface area (TPSA) is 83.8 Å².